The number of aromatic amines is 1. The van der Waals surface area contributed by atoms with Gasteiger partial charge in [0, 0.05) is 6.07 Å². The summed E-state index contributed by atoms with van der Waals surface area (Å²) in [6, 6.07) is 0.906. The molecule has 15 heteroatoms. The summed E-state index contributed by atoms with van der Waals surface area (Å²) in [6.45, 7) is 0. The van der Waals surface area contributed by atoms with E-state index in [1.807, 2.05) is 0 Å². The number of fused-ring (bicyclic) bond motifs is 3. The standard InChI is InChI=1S/C11H7F3N5O6P/c12-11(13,14)4-1-5-7(2-6(4)19(21)22)18-8(3-26(23,24)25)16-17-9(18)10(20)15-5/h1-2H,3H2,(H,15,20)(H2,23,24,25). The average Bonchev–Trinajstić information content (AvgIpc) is 2.87. The first-order valence-corrected chi connectivity index (χ1v) is 8.38. The number of hydrogen-bond acceptors (Lipinski definition) is 6. The summed E-state index contributed by atoms with van der Waals surface area (Å²) in [5.74, 6) is -0.432. The van der Waals surface area contributed by atoms with E-state index in [4.69, 9.17) is 9.79 Å². The van der Waals surface area contributed by atoms with Crippen LogP contribution in [0.5, 0.6) is 0 Å². The fourth-order valence-electron chi connectivity index (χ4n) is 2.42. The number of rotatable bonds is 3. The number of halogens is 3. The zero-order valence-electron chi connectivity index (χ0n) is 12.3. The molecular weight excluding hydrogens is 386 g/mol. The third-order valence-corrected chi connectivity index (χ3v) is 4.08. The van der Waals surface area contributed by atoms with Gasteiger partial charge >= 0.3 is 13.8 Å². The van der Waals surface area contributed by atoms with Gasteiger partial charge < -0.3 is 14.8 Å². The van der Waals surface area contributed by atoms with Crippen LogP contribution < -0.4 is 5.56 Å². The van der Waals surface area contributed by atoms with Crippen molar-refractivity contribution in [2.24, 2.45) is 0 Å². The lowest BCUT2D eigenvalue weighted by Crippen LogP contribution is -2.15. The van der Waals surface area contributed by atoms with E-state index in [2.05, 4.69) is 15.2 Å². The Hall–Kier alpha value is -2.83. The molecule has 0 unspecified atom stereocenters. The van der Waals surface area contributed by atoms with E-state index in [0.29, 0.717) is 12.1 Å². The molecule has 3 aromatic rings. The fraction of sp³-hybridized carbons (Fsp3) is 0.182. The minimum Gasteiger partial charge on any atom is -0.324 e. The summed E-state index contributed by atoms with van der Waals surface area (Å²) in [5, 5.41) is 17.9. The molecule has 11 nitrogen and oxygen atoms in total. The van der Waals surface area contributed by atoms with Crippen LogP contribution in [0, 0.1) is 10.1 Å². The highest BCUT2D eigenvalue weighted by molar-refractivity contribution is 7.50. The summed E-state index contributed by atoms with van der Waals surface area (Å²) in [4.78, 5) is 42.0. The van der Waals surface area contributed by atoms with E-state index in [0.717, 1.165) is 4.40 Å². The fourth-order valence-corrected chi connectivity index (χ4v) is 3.00. The number of alkyl halides is 3. The Kier molecular flexibility index (Phi) is 3.86. The monoisotopic (exact) mass is 393 g/mol. The van der Waals surface area contributed by atoms with Gasteiger partial charge in [-0.15, -0.1) is 10.2 Å². The lowest BCUT2D eigenvalue weighted by molar-refractivity contribution is -0.387. The molecule has 0 radical (unpaired) electrons. The normalized spacial score (nSPS) is 12.8. The molecule has 2 aromatic heterocycles. The molecule has 0 fully saturated rings. The molecule has 0 bridgehead atoms. The molecule has 0 atom stereocenters. The maximum Gasteiger partial charge on any atom is 0.423 e. The van der Waals surface area contributed by atoms with Crippen LogP contribution in [-0.4, -0.2) is 34.3 Å². The van der Waals surface area contributed by atoms with Gasteiger partial charge in [-0.3, -0.25) is 23.9 Å². The highest BCUT2D eigenvalue weighted by Crippen LogP contribution is 2.40. The van der Waals surface area contributed by atoms with Crippen LogP contribution in [0.2, 0.25) is 0 Å². The summed E-state index contributed by atoms with van der Waals surface area (Å²) in [6.07, 6.45) is -6.04. The number of nitro groups is 1. The van der Waals surface area contributed by atoms with Crippen molar-refractivity contribution in [1.82, 2.24) is 19.6 Å². The predicted octanol–water partition coefficient (Wildman–Crippen LogP) is 1.18. The van der Waals surface area contributed by atoms with Gasteiger partial charge in [0.25, 0.3) is 11.2 Å². The molecular formula is C11H7F3N5O6P. The van der Waals surface area contributed by atoms with Crippen LogP contribution in [0.25, 0.3) is 16.7 Å². The summed E-state index contributed by atoms with van der Waals surface area (Å²) < 4.78 is 51.2. The molecule has 0 aliphatic carbocycles. The van der Waals surface area contributed by atoms with Gasteiger partial charge in [0.1, 0.15) is 17.5 Å². The second-order valence-corrected chi connectivity index (χ2v) is 6.84. The molecule has 0 amide bonds. The average molecular weight is 393 g/mol. The highest BCUT2D eigenvalue weighted by atomic mass is 31.2. The lowest BCUT2D eigenvalue weighted by atomic mass is 10.1. The number of nitrogens with one attached hydrogen (secondary N) is 1. The molecule has 1 aromatic carbocycles. The van der Waals surface area contributed by atoms with Crippen LogP contribution in [0.4, 0.5) is 18.9 Å². The second kappa shape index (κ2) is 5.59. The molecule has 0 aliphatic heterocycles. The summed E-state index contributed by atoms with van der Waals surface area (Å²) >= 11 is 0. The van der Waals surface area contributed by atoms with Gasteiger partial charge in [-0.2, -0.15) is 13.2 Å². The molecule has 2 heterocycles. The maximum absolute atomic E-state index is 13.1. The first-order valence-electron chi connectivity index (χ1n) is 6.58. The van der Waals surface area contributed by atoms with Gasteiger partial charge in [-0.1, -0.05) is 0 Å². The van der Waals surface area contributed by atoms with Gasteiger partial charge in [-0.05, 0) is 6.07 Å². The van der Waals surface area contributed by atoms with E-state index < -0.39 is 58.7 Å². The van der Waals surface area contributed by atoms with Gasteiger partial charge in [-0.25, -0.2) is 0 Å². The van der Waals surface area contributed by atoms with Crippen molar-refractivity contribution in [2.75, 3.05) is 0 Å². The first kappa shape index (κ1) is 18.0. The molecule has 0 saturated carbocycles. The van der Waals surface area contributed by atoms with Crippen molar-refractivity contribution in [3.05, 3.63) is 44.0 Å². The van der Waals surface area contributed by atoms with E-state index in [1.54, 1.807) is 0 Å². The predicted molar refractivity (Wildman–Crippen MR) is 78.5 cm³/mol. The number of H-pyrrole nitrogens is 1. The minimum atomic E-state index is -5.07. The SMILES string of the molecule is O=c1[nH]c2cc(C(F)(F)F)c([N+](=O)[O-])cc2n2c(CP(=O)(O)O)nnc12. The molecule has 0 aliphatic rings. The number of nitro benzene ring substituents is 1. The smallest absolute Gasteiger partial charge is 0.324 e. The number of aromatic nitrogens is 4. The van der Waals surface area contributed by atoms with E-state index >= 15 is 0 Å². The maximum atomic E-state index is 13.1. The molecule has 0 spiro atoms. The summed E-state index contributed by atoms with van der Waals surface area (Å²) in [5.41, 5.74) is -5.09. The van der Waals surface area contributed by atoms with Crippen LogP contribution in [-0.2, 0) is 16.9 Å². The van der Waals surface area contributed by atoms with Crippen LogP contribution in [0.15, 0.2) is 16.9 Å². The molecule has 3 rings (SSSR count). The van der Waals surface area contributed by atoms with Crippen molar-refractivity contribution >= 4 is 30.0 Å². The van der Waals surface area contributed by atoms with E-state index in [9.17, 15) is 32.6 Å². The van der Waals surface area contributed by atoms with Crippen molar-refractivity contribution in [2.45, 2.75) is 12.3 Å². The van der Waals surface area contributed by atoms with Crippen molar-refractivity contribution < 1.29 is 32.4 Å². The highest BCUT2D eigenvalue weighted by Gasteiger charge is 2.39. The van der Waals surface area contributed by atoms with Crippen molar-refractivity contribution in [3.63, 3.8) is 0 Å². The van der Waals surface area contributed by atoms with Crippen LogP contribution in [0.3, 0.4) is 0 Å². The Morgan fingerprint density at radius 3 is 2.50 bits per heavy atom. The topological polar surface area (TPSA) is 164 Å². The van der Waals surface area contributed by atoms with Gasteiger partial charge in [0.2, 0.25) is 5.65 Å². The Balaban J connectivity index is 2.47. The van der Waals surface area contributed by atoms with Crippen LogP contribution >= 0.6 is 7.60 Å². The zero-order chi connectivity index (χ0) is 19.4. The van der Waals surface area contributed by atoms with Crippen molar-refractivity contribution in [1.29, 1.82) is 0 Å². The Morgan fingerprint density at radius 1 is 1.31 bits per heavy atom. The summed E-state index contributed by atoms with van der Waals surface area (Å²) in [7, 11) is -4.67. The zero-order valence-corrected chi connectivity index (χ0v) is 13.2. The van der Waals surface area contributed by atoms with Crippen LogP contribution in [0.1, 0.15) is 11.4 Å². The molecule has 138 valence electrons. The number of hydrogen-bond donors (Lipinski definition) is 3. The lowest BCUT2D eigenvalue weighted by Gasteiger charge is -2.10. The quantitative estimate of drug-likeness (QED) is 0.339. The Labute approximate surface area is 139 Å². The Bertz CT molecular complexity index is 1160. The van der Waals surface area contributed by atoms with E-state index in [1.165, 1.54) is 0 Å². The van der Waals surface area contributed by atoms with Gasteiger partial charge in [0.15, 0.2) is 0 Å². The molecule has 3 N–H and O–H groups in total. The van der Waals surface area contributed by atoms with Gasteiger partial charge in [0.05, 0.1) is 16.0 Å². The first-order chi connectivity index (χ1) is 11.9. The third kappa shape index (κ3) is 3.05. The second-order valence-electron chi connectivity index (χ2n) is 5.19. The molecule has 26 heavy (non-hydrogen) atoms. The Morgan fingerprint density at radius 2 is 1.96 bits per heavy atom. The minimum absolute atomic E-state index is 0.312. The molecule has 0 saturated heterocycles. The number of nitrogens with zero attached hydrogens (tertiary/aromatic N) is 4. The van der Waals surface area contributed by atoms with Crippen molar-refractivity contribution in [3.8, 4) is 0 Å². The largest absolute Gasteiger partial charge is 0.423 e. The third-order valence-electron chi connectivity index (χ3n) is 3.39. The van der Waals surface area contributed by atoms with E-state index in [-0.39, 0.29) is 5.52 Å². The number of benzene rings is 1.